The zero-order chi connectivity index (χ0) is 12.3. The lowest BCUT2D eigenvalue weighted by atomic mass is 9.88. The van der Waals surface area contributed by atoms with Gasteiger partial charge in [0.05, 0.1) is 5.69 Å². The predicted molar refractivity (Wildman–Crippen MR) is 61.6 cm³/mol. The fourth-order valence-electron chi connectivity index (χ4n) is 2.20. The molecule has 2 nitrogen and oxygen atoms in total. The number of hydrogen-bond donors (Lipinski definition) is 1. The first-order chi connectivity index (χ1) is 8.18. The summed E-state index contributed by atoms with van der Waals surface area (Å²) >= 11 is 0. The minimum absolute atomic E-state index is 0.0635. The van der Waals surface area contributed by atoms with Crippen LogP contribution in [0.15, 0.2) is 18.2 Å². The van der Waals surface area contributed by atoms with Gasteiger partial charge in [-0.15, -0.1) is 0 Å². The third-order valence-corrected chi connectivity index (χ3v) is 3.19. The van der Waals surface area contributed by atoms with Crippen molar-refractivity contribution in [2.24, 2.45) is 5.92 Å². The molecule has 17 heavy (non-hydrogen) atoms. The third-order valence-electron chi connectivity index (χ3n) is 3.19. The van der Waals surface area contributed by atoms with Crippen LogP contribution in [0.3, 0.4) is 0 Å². The summed E-state index contributed by atoms with van der Waals surface area (Å²) in [6.07, 6.45) is 4.89. The van der Waals surface area contributed by atoms with Crippen LogP contribution in [0.5, 0.6) is 0 Å². The van der Waals surface area contributed by atoms with Gasteiger partial charge in [-0.2, -0.15) is 0 Å². The lowest BCUT2D eigenvalue weighted by molar-refractivity contribution is -0.120. The van der Waals surface area contributed by atoms with Crippen molar-refractivity contribution in [1.29, 1.82) is 0 Å². The van der Waals surface area contributed by atoms with E-state index in [9.17, 15) is 13.6 Å². The second kappa shape index (κ2) is 5.25. The van der Waals surface area contributed by atoms with Gasteiger partial charge in [-0.1, -0.05) is 25.3 Å². The standard InChI is InChI=1S/C13H15F2NO/c14-10-7-4-8-11(12(10)15)16-13(17)9-5-2-1-3-6-9/h4,7-9H,1-3,5-6H2,(H,16,17). The highest BCUT2D eigenvalue weighted by Gasteiger charge is 2.22. The van der Waals surface area contributed by atoms with E-state index >= 15 is 0 Å². The van der Waals surface area contributed by atoms with E-state index in [4.69, 9.17) is 0 Å². The minimum Gasteiger partial charge on any atom is -0.323 e. The third kappa shape index (κ3) is 2.81. The molecule has 0 aromatic heterocycles. The first-order valence-corrected chi connectivity index (χ1v) is 5.93. The van der Waals surface area contributed by atoms with E-state index in [1.807, 2.05) is 0 Å². The van der Waals surface area contributed by atoms with E-state index in [2.05, 4.69) is 5.32 Å². The van der Waals surface area contributed by atoms with Gasteiger partial charge in [-0.3, -0.25) is 4.79 Å². The highest BCUT2D eigenvalue weighted by Crippen LogP contribution is 2.25. The Bertz CT molecular complexity index is 414. The number of rotatable bonds is 2. The molecule has 2 rings (SSSR count). The molecule has 1 aliphatic rings. The van der Waals surface area contributed by atoms with Crippen LogP contribution >= 0.6 is 0 Å². The van der Waals surface area contributed by atoms with E-state index in [1.54, 1.807) is 0 Å². The zero-order valence-electron chi connectivity index (χ0n) is 9.51. The van der Waals surface area contributed by atoms with Crippen molar-refractivity contribution in [2.75, 3.05) is 5.32 Å². The van der Waals surface area contributed by atoms with Crippen molar-refractivity contribution < 1.29 is 13.6 Å². The number of hydrogen-bond acceptors (Lipinski definition) is 1. The van der Waals surface area contributed by atoms with Crippen LogP contribution in [0.1, 0.15) is 32.1 Å². The average molecular weight is 239 g/mol. The molecule has 92 valence electrons. The highest BCUT2D eigenvalue weighted by atomic mass is 19.2. The Labute approximate surface area is 99.0 Å². The van der Waals surface area contributed by atoms with E-state index in [0.29, 0.717) is 0 Å². The molecular weight excluding hydrogens is 224 g/mol. The maximum Gasteiger partial charge on any atom is 0.227 e. The van der Waals surface area contributed by atoms with Crippen molar-refractivity contribution in [2.45, 2.75) is 32.1 Å². The highest BCUT2D eigenvalue weighted by molar-refractivity contribution is 5.92. The molecule has 0 atom stereocenters. The van der Waals surface area contributed by atoms with Crippen LogP contribution in [0.25, 0.3) is 0 Å². The van der Waals surface area contributed by atoms with Crippen molar-refractivity contribution in [1.82, 2.24) is 0 Å². The average Bonchev–Trinajstić information content (AvgIpc) is 2.36. The van der Waals surface area contributed by atoms with Crippen molar-refractivity contribution in [3.63, 3.8) is 0 Å². The molecule has 0 spiro atoms. The Kier molecular flexibility index (Phi) is 3.71. The Hall–Kier alpha value is -1.45. The number of carbonyl (C=O) groups excluding carboxylic acids is 1. The van der Waals surface area contributed by atoms with E-state index in [-0.39, 0.29) is 17.5 Å². The Morgan fingerprint density at radius 2 is 1.88 bits per heavy atom. The van der Waals surface area contributed by atoms with Gasteiger partial charge in [0, 0.05) is 5.92 Å². The molecule has 1 N–H and O–H groups in total. The minimum atomic E-state index is -0.989. The van der Waals surface area contributed by atoms with Crippen LogP contribution in [-0.4, -0.2) is 5.91 Å². The van der Waals surface area contributed by atoms with Crippen LogP contribution < -0.4 is 5.32 Å². The molecule has 1 aromatic carbocycles. The molecule has 0 unspecified atom stereocenters. The van der Waals surface area contributed by atoms with E-state index in [1.165, 1.54) is 12.1 Å². The largest absolute Gasteiger partial charge is 0.323 e. The fraction of sp³-hybridized carbons (Fsp3) is 0.462. The summed E-state index contributed by atoms with van der Waals surface area (Å²) < 4.78 is 26.3. The molecule has 1 aliphatic carbocycles. The van der Waals surface area contributed by atoms with Crippen molar-refractivity contribution in [3.05, 3.63) is 29.8 Å². The first-order valence-electron chi connectivity index (χ1n) is 5.93. The number of anilines is 1. The molecule has 0 saturated heterocycles. The SMILES string of the molecule is O=C(Nc1cccc(F)c1F)C1CCCCC1. The van der Waals surface area contributed by atoms with Crippen LogP contribution in [0.2, 0.25) is 0 Å². The molecule has 4 heteroatoms. The summed E-state index contributed by atoms with van der Waals surface area (Å²) in [5.41, 5.74) is -0.0689. The quantitative estimate of drug-likeness (QED) is 0.841. The number of amides is 1. The summed E-state index contributed by atoms with van der Waals surface area (Å²) in [7, 11) is 0. The summed E-state index contributed by atoms with van der Waals surface area (Å²) in [5, 5.41) is 2.47. The number of benzene rings is 1. The lowest BCUT2D eigenvalue weighted by Gasteiger charge is -2.20. The zero-order valence-corrected chi connectivity index (χ0v) is 9.51. The number of carbonyl (C=O) groups is 1. The summed E-state index contributed by atoms with van der Waals surface area (Å²) in [5.74, 6) is -2.19. The van der Waals surface area contributed by atoms with Crippen LogP contribution in [-0.2, 0) is 4.79 Å². The smallest absolute Gasteiger partial charge is 0.227 e. The molecule has 0 aliphatic heterocycles. The molecular formula is C13H15F2NO. The van der Waals surface area contributed by atoms with Crippen molar-refractivity contribution in [3.8, 4) is 0 Å². The molecule has 0 bridgehead atoms. The molecule has 0 heterocycles. The molecule has 1 aromatic rings. The number of nitrogens with one attached hydrogen (secondary N) is 1. The van der Waals surface area contributed by atoms with Crippen molar-refractivity contribution >= 4 is 11.6 Å². The van der Waals surface area contributed by atoms with Gasteiger partial charge in [-0.25, -0.2) is 8.78 Å². The van der Waals surface area contributed by atoms with E-state index < -0.39 is 11.6 Å². The Morgan fingerprint density at radius 1 is 1.18 bits per heavy atom. The van der Waals surface area contributed by atoms with Crippen LogP contribution in [0, 0.1) is 17.6 Å². The summed E-state index contributed by atoms with van der Waals surface area (Å²) in [6.45, 7) is 0. The molecule has 1 saturated carbocycles. The molecule has 0 radical (unpaired) electrons. The lowest BCUT2D eigenvalue weighted by Crippen LogP contribution is -2.25. The Morgan fingerprint density at radius 3 is 2.59 bits per heavy atom. The monoisotopic (exact) mass is 239 g/mol. The predicted octanol–water partition coefficient (Wildman–Crippen LogP) is 3.48. The first kappa shape index (κ1) is 12.0. The van der Waals surface area contributed by atoms with Gasteiger partial charge in [-0.05, 0) is 25.0 Å². The second-order valence-corrected chi connectivity index (χ2v) is 4.43. The summed E-state index contributed by atoms with van der Waals surface area (Å²) in [6, 6.07) is 3.79. The maximum atomic E-state index is 13.3. The van der Waals surface area contributed by atoms with Gasteiger partial charge in [0.15, 0.2) is 11.6 Å². The molecule has 1 amide bonds. The van der Waals surface area contributed by atoms with Crippen LogP contribution in [0.4, 0.5) is 14.5 Å². The van der Waals surface area contributed by atoms with Gasteiger partial charge in [0.25, 0.3) is 0 Å². The fourth-order valence-corrected chi connectivity index (χ4v) is 2.20. The van der Waals surface area contributed by atoms with Gasteiger partial charge in [0.1, 0.15) is 0 Å². The normalized spacial score (nSPS) is 16.8. The maximum absolute atomic E-state index is 13.3. The topological polar surface area (TPSA) is 29.1 Å². The molecule has 1 fully saturated rings. The second-order valence-electron chi connectivity index (χ2n) is 4.43. The van der Waals surface area contributed by atoms with Gasteiger partial charge in [0.2, 0.25) is 5.91 Å². The van der Waals surface area contributed by atoms with E-state index in [0.717, 1.165) is 38.2 Å². The van der Waals surface area contributed by atoms with Gasteiger partial charge < -0.3 is 5.32 Å². The summed E-state index contributed by atoms with van der Waals surface area (Å²) in [4.78, 5) is 11.8. The van der Waals surface area contributed by atoms with Gasteiger partial charge >= 0.3 is 0 Å². The Balaban J connectivity index is 2.04. The number of halogens is 2.